The summed E-state index contributed by atoms with van der Waals surface area (Å²) in [5, 5.41) is 2.11. The average molecular weight is 235 g/mol. The first-order valence-corrected chi connectivity index (χ1v) is 6.87. The van der Waals surface area contributed by atoms with Crippen LogP contribution in [0.2, 0.25) is 0 Å². The third kappa shape index (κ3) is 3.35. The van der Waals surface area contributed by atoms with E-state index in [0.29, 0.717) is 0 Å². The van der Waals surface area contributed by atoms with Crippen LogP contribution in [0.15, 0.2) is 5.38 Å². The maximum Gasteiger partial charge on any atom is 0.130 e. The molecular weight excluding hydrogens is 214 g/mol. The van der Waals surface area contributed by atoms with Crippen molar-refractivity contribution in [1.29, 1.82) is 0 Å². The Hall–Kier alpha value is -0.810. The van der Waals surface area contributed by atoms with Gasteiger partial charge in [-0.2, -0.15) is 4.37 Å². The van der Waals surface area contributed by atoms with Crippen molar-refractivity contribution < 1.29 is 0 Å². The van der Waals surface area contributed by atoms with Crippen LogP contribution in [0.1, 0.15) is 64.1 Å². The highest BCUT2D eigenvalue weighted by molar-refractivity contribution is 7.03. The van der Waals surface area contributed by atoms with Crippen molar-refractivity contribution in [2.24, 2.45) is 0 Å². The zero-order valence-electron chi connectivity index (χ0n) is 10.5. The lowest BCUT2D eigenvalue weighted by Crippen LogP contribution is -2.17. The fourth-order valence-electron chi connectivity index (χ4n) is 1.95. The van der Waals surface area contributed by atoms with Gasteiger partial charge in [0.05, 0.1) is 0 Å². The molecule has 0 N–H and O–H groups in total. The van der Waals surface area contributed by atoms with Crippen LogP contribution in [0.4, 0.5) is 0 Å². The Morgan fingerprint density at radius 2 is 2.12 bits per heavy atom. The fraction of sp³-hybridized carbons (Fsp3) is 0.643. The van der Waals surface area contributed by atoms with Crippen molar-refractivity contribution in [3.63, 3.8) is 0 Å². The molecular formula is C14H21NS. The largest absolute Gasteiger partial charge is 0.184 e. The highest BCUT2D eigenvalue weighted by Gasteiger charge is 2.24. The summed E-state index contributed by atoms with van der Waals surface area (Å²) in [5.74, 6) is 2.68. The Kier molecular flexibility index (Phi) is 5.02. The molecule has 1 aromatic heterocycles. The number of hydrogen-bond acceptors (Lipinski definition) is 2. The summed E-state index contributed by atoms with van der Waals surface area (Å²) in [4.78, 5) is 0. The first kappa shape index (κ1) is 13.3. The topological polar surface area (TPSA) is 12.9 Å². The summed E-state index contributed by atoms with van der Waals surface area (Å²) >= 11 is 1.47. The summed E-state index contributed by atoms with van der Waals surface area (Å²) in [7, 11) is 0. The first-order chi connectivity index (χ1) is 7.61. The van der Waals surface area contributed by atoms with Crippen LogP contribution in [-0.4, -0.2) is 4.37 Å². The second-order valence-electron chi connectivity index (χ2n) is 4.92. The molecule has 0 radical (unpaired) electrons. The monoisotopic (exact) mass is 235 g/mol. The summed E-state index contributed by atoms with van der Waals surface area (Å²) in [6.45, 7) is 6.78. The molecule has 0 bridgehead atoms. The molecule has 1 nitrogen and oxygen atoms in total. The van der Waals surface area contributed by atoms with E-state index in [4.69, 9.17) is 6.42 Å². The van der Waals surface area contributed by atoms with Gasteiger partial charge in [0.2, 0.25) is 0 Å². The minimum Gasteiger partial charge on any atom is -0.184 e. The molecule has 0 aliphatic rings. The van der Waals surface area contributed by atoms with Crippen LogP contribution in [0.5, 0.6) is 0 Å². The molecule has 0 fully saturated rings. The van der Waals surface area contributed by atoms with E-state index in [9.17, 15) is 0 Å². The number of terminal acetylenes is 1. The zero-order chi connectivity index (χ0) is 12.0. The van der Waals surface area contributed by atoms with Crippen LogP contribution in [0, 0.1) is 12.3 Å². The van der Waals surface area contributed by atoms with Gasteiger partial charge in [-0.15, -0.1) is 6.42 Å². The van der Waals surface area contributed by atoms with E-state index >= 15 is 0 Å². The van der Waals surface area contributed by atoms with Crippen molar-refractivity contribution in [3.8, 4) is 12.3 Å². The van der Waals surface area contributed by atoms with Gasteiger partial charge in [0.1, 0.15) is 5.69 Å². The molecule has 88 valence electrons. The van der Waals surface area contributed by atoms with Crippen LogP contribution >= 0.6 is 11.5 Å². The Balaban J connectivity index is 2.60. The highest BCUT2D eigenvalue weighted by Crippen LogP contribution is 2.32. The van der Waals surface area contributed by atoms with Crippen LogP contribution in [0.3, 0.4) is 0 Å². The Morgan fingerprint density at radius 3 is 2.75 bits per heavy atom. The van der Waals surface area contributed by atoms with Gasteiger partial charge in [-0.05, 0) is 29.3 Å². The molecule has 0 saturated heterocycles. The highest BCUT2D eigenvalue weighted by atomic mass is 32.1. The van der Waals surface area contributed by atoms with Gasteiger partial charge in [0.25, 0.3) is 0 Å². The van der Waals surface area contributed by atoms with Gasteiger partial charge in [-0.25, -0.2) is 0 Å². The molecule has 0 aromatic carbocycles. The maximum atomic E-state index is 5.46. The van der Waals surface area contributed by atoms with E-state index in [1.165, 1.54) is 49.2 Å². The van der Waals surface area contributed by atoms with E-state index in [-0.39, 0.29) is 5.41 Å². The number of aromatic nitrogens is 1. The molecule has 16 heavy (non-hydrogen) atoms. The molecule has 0 saturated carbocycles. The van der Waals surface area contributed by atoms with Gasteiger partial charge >= 0.3 is 0 Å². The van der Waals surface area contributed by atoms with Gasteiger partial charge in [0.15, 0.2) is 0 Å². The Bertz CT molecular complexity index is 357. The SMILES string of the molecule is C#Cc1nscc1C(C)(C)CCCCCC. The van der Waals surface area contributed by atoms with Crippen molar-refractivity contribution in [3.05, 3.63) is 16.6 Å². The third-order valence-corrected chi connectivity index (χ3v) is 3.72. The van der Waals surface area contributed by atoms with Crippen LogP contribution in [-0.2, 0) is 5.41 Å². The number of nitrogens with zero attached hydrogens (tertiary/aromatic N) is 1. The van der Waals surface area contributed by atoms with Crippen molar-refractivity contribution in [2.75, 3.05) is 0 Å². The lowest BCUT2D eigenvalue weighted by molar-refractivity contribution is 0.446. The van der Waals surface area contributed by atoms with Gasteiger partial charge < -0.3 is 0 Å². The second-order valence-corrected chi connectivity index (χ2v) is 5.54. The normalized spacial score (nSPS) is 11.4. The molecule has 0 unspecified atom stereocenters. The lowest BCUT2D eigenvalue weighted by Gasteiger charge is -2.23. The average Bonchev–Trinajstić information content (AvgIpc) is 2.73. The molecule has 1 heterocycles. The van der Waals surface area contributed by atoms with Crippen LogP contribution < -0.4 is 0 Å². The minimum absolute atomic E-state index is 0.169. The Morgan fingerprint density at radius 1 is 1.38 bits per heavy atom. The molecule has 0 amide bonds. The molecule has 2 heteroatoms. The standard InChI is InChI=1S/C14H21NS/c1-5-7-8-9-10-14(3,4)12-11-16-15-13(12)6-2/h2,11H,5,7-10H2,1,3-4H3. The maximum absolute atomic E-state index is 5.46. The predicted octanol–water partition coefficient (Wildman–Crippen LogP) is 4.37. The molecule has 0 spiro atoms. The van der Waals surface area contributed by atoms with Gasteiger partial charge in [0, 0.05) is 10.9 Å². The third-order valence-electron chi connectivity index (χ3n) is 3.09. The summed E-state index contributed by atoms with van der Waals surface area (Å²) in [5.41, 5.74) is 2.25. The van der Waals surface area contributed by atoms with E-state index in [2.05, 4.69) is 36.4 Å². The Labute approximate surface area is 103 Å². The lowest BCUT2D eigenvalue weighted by atomic mass is 9.80. The van der Waals surface area contributed by atoms with E-state index in [1.54, 1.807) is 0 Å². The van der Waals surface area contributed by atoms with Gasteiger partial charge in [-0.3, -0.25) is 0 Å². The molecule has 0 atom stereocenters. The number of hydrogen-bond donors (Lipinski definition) is 0. The van der Waals surface area contributed by atoms with Crippen molar-refractivity contribution in [2.45, 2.75) is 58.3 Å². The van der Waals surface area contributed by atoms with E-state index in [0.717, 1.165) is 5.69 Å². The molecule has 1 aromatic rings. The predicted molar refractivity (Wildman–Crippen MR) is 71.8 cm³/mol. The summed E-state index contributed by atoms with van der Waals surface area (Å²) in [6, 6.07) is 0. The van der Waals surface area contributed by atoms with Crippen molar-refractivity contribution in [1.82, 2.24) is 4.37 Å². The summed E-state index contributed by atoms with van der Waals surface area (Å²) in [6.07, 6.45) is 11.9. The molecule has 1 rings (SSSR count). The zero-order valence-corrected chi connectivity index (χ0v) is 11.4. The first-order valence-electron chi connectivity index (χ1n) is 6.03. The molecule has 0 aliphatic heterocycles. The minimum atomic E-state index is 0.169. The smallest absolute Gasteiger partial charge is 0.130 e. The van der Waals surface area contributed by atoms with E-state index < -0.39 is 0 Å². The number of rotatable bonds is 6. The molecule has 0 aliphatic carbocycles. The quantitative estimate of drug-likeness (QED) is 0.527. The van der Waals surface area contributed by atoms with Crippen LogP contribution in [0.25, 0.3) is 0 Å². The van der Waals surface area contributed by atoms with Crippen molar-refractivity contribution >= 4 is 11.5 Å². The number of unbranched alkanes of at least 4 members (excludes halogenated alkanes) is 3. The van der Waals surface area contributed by atoms with Gasteiger partial charge in [-0.1, -0.05) is 46.5 Å². The van der Waals surface area contributed by atoms with E-state index in [1.807, 2.05) is 0 Å². The second kappa shape index (κ2) is 6.06. The summed E-state index contributed by atoms with van der Waals surface area (Å²) < 4.78 is 4.25. The fourth-order valence-corrected chi connectivity index (χ4v) is 2.79.